The van der Waals surface area contributed by atoms with Gasteiger partial charge in [0.05, 0.1) is 7.11 Å². The van der Waals surface area contributed by atoms with E-state index in [0.717, 1.165) is 17.7 Å². The summed E-state index contributed by atoms with van der Waals surface area (Å²) in [5.41, 5.74) is 2.22. The lowest BCUT2D eigenvalue weighted by Gasteiger charge is -2.27. The molecule has 0 aliphatic carbocycles. The number of fused-ring (bicyclic) bond motifs is 1. The van der Waals surface area contributed by atoms with E-state index in [-0.39, 0.29) is 0 Å². The van der Waals surface area contributed by atoms with Crippen LogP contribution in [0.5, 0.6) is 5.75 Å². The Morgan fingerprint density at radius 1 is 1.41 bits per heavy atom. The average Bonchev–Trinajstić information content (AvgIpc) is 2.61. The summed E-state index contributed by atoms with van der Waals surface area (Å²) in [5.74, 6) is 1.34. The van der Waals surface area contributed by atoms with Crippen molar-refractivity contribution in [2.45, 2.75) is 32.5 Å². The summed E-state index contributed by atoms with van der Waals surface area (Å²) >= 11 is 0. The van der Waals surface area contributed by atoms with Gasteiger partial charge in [-0.05, 0) is 30.7 Å². The fourth-order valence-corrected chi connectivity index (χ4v) is 2.69. The molecule has 0 aromatic heterocycles. The third kappa shape index (κ3) is 1.94. The Hall–Kier alpha value is -1.06. The van der Waals surface area contributed by atoms with E-state index >= 15 is 0 Å². The predicted octanol–water partition coefficient (Wildman–Crippen LogP) is 2.72. The first-order valence-electron chi connectivity index (χ1n) is 6.18. The van der Waals surface area contributed by atoms with Gasteiger partial charge in [-0.2, -0.15) is 0 Å². The minimum Gasteiger partial charge on any atom is -0.497 e. The second kappa shape index (κ2) is 4.67. The maximum atomic E-state index is 10.3. The first-order valence-corrected chi connectivity index (χ1v) is 6.18. The Morgan fingerprint density at radius 3 is 2.71 bits per heavy atom. The molecule has 3 heteroatoms. The molecular weight excluding hydrogens is 214 g/mol. The molecule has 0 spiro atoms. The van der Waals surface area contributed by atoms with Gasteiger partial charge in [0.2, 0.25) is 0 Å². The van der Waals surface area contributed by atoms with Crippen LogP contribution in [0.25, 0.3) is 0 Å². The van der Waals surface area contributed by atoms with Crippen molar-refractivity contribution in [2.24, 2.45) is 5.92 Å². The third-order valence-electron chi connectivity index (χ3n) is 3.90. The molecule has 1 aromatic rings. The maximum absolute atomic E-state index is 10.3. The quantitative estimate of drug-likeness (QED) is 0.874. The molecule has 1 aromatic carbocycles. The highest BCUT2D eigenvalue weighted by molar-refractivity contribution is 5.42. The van der Waals surface area contributed by atoms with E-state index in [1.807, 2.05) is 24.1 Å². The highest BCUT2D eigenvalue weighted by Gasteiger charge is 2.37. The van der Waals surface area contributed by atoms with Crippen molar-refractivity contribution < 1.29 is 9.84 Å². The Labute approximate surface area is 103 Å². The van der Waals surface area contributed by atoms with E-state index < -0.39 is 6.23 Å². The molecule has 1 aliphatic rings. The van der Waals surface area contributed by atoms with Gasteiger partial charge in [0.1, 0.15) is 12.0 Å². The smallest absolute Gasteiger partial charge is 0.134 e. The Balaban J connectivity index is 2.43. The number of ether oxygens (including phenoxy) is 1. The van der Waals surface area contributed by atoms with Crippen molar-refractivity contribution in [1.82, 2.24) is 4.90 Å². The summed E-state index contributed by atoms with van der Waals surface area (Å²) in [5, 5.41) is 10.3. The van der Waals surface area contributed by atoms with E-state index in [0.29, 0.717) is 12.0 Å². The van der Waals surface area contributed by atoms with Crippen molar-refractivity contribution in [3.63, 3.8) is 0 Å². The van der Waals surface area contributed by atoms with E-state index in [1.165, 1.54) is 5.56 Å². The summed E-state index contributed by atoms with van der Waals surface area (Å²) < 4.78 is 5.22. The van der Waals surface area contributed by atoms with Gasteiger partial charge in [-0.1, -0.05) is 26.3 Å². The van der Waals surface area contributed by atoms with Crippen LogP contribution in [0.4, 0.5) is 0 Å². The van der Waals surface area contributed by atoms with Crippen LogP contribution in [0.2, 0.25) is 0 Å². The number of hydrogen-bond donors (Lipinski definition) is 1. The van der Waals surface area contributed by atoms with Gasteiger partial charge in [0, 0.05) is 11.6 Å². The van der Waals surface area contributed by atoms with Crippen molar-refractivity contribution in [1.29, 1.82) is 0 Å². The Morgan fingerprint density at radius 2 is 2.12 bits per heavy atom. The predicted molar refractivity (Wildman–Crippen MR) is 67.9 cm³/mol. The normalized spacial score (nSPS) is 25.7. The molecule has 1 aliphatic heterocycles. The number of nitrogens with zero attached hydrogens (tertiary/aromatic N) is 1. The molecule has 1 heterocycles. The lowest BCUT2D eigenvalue weighted by Crippen LogP contribution is -2.25. The molecule has 0 amide bonds. The number of hydrogen-bond acceptors (Lipinski definition) is 3. The number of methoxy groups -OCH3 is 1. The van der Waals surface area contributed by atoms with Gasteiger partial charge in [-0.3, -0.25) is 4.90 Å². The fraction of sp³-hybridized carbons (Fsp3) is 0.571. The SMILES string of the molecule is CCC(C)C1c2ccc(OC)cc2C(O)N1C. The summed E-state index contributed by atoms with van der Waals surface area (Å²) in [6.45, 7) is 4.42. The van der Waals surface area contributed by atoms with Crippen LogP contribution in [-0.4, -0.2) is 24.2 Å². The average molecular weight is 235 g/mol. The van der Waals surface area contributed by atoms with Crippen LogP contribution in [0.15, 0.2) is 18.2 Å². The van der Waals surface area contributed by atoms with Gasteiger partial charge in [-0.15, -0.1) is 0 Å². The highest BCUT2D eigenvalue weighted by atomic mass is 16.5. The molecule has 2 rings (SSSR count). The zero-order chi connectivity index (χ0) is 12.6. The number of aliphatic hydroxyl groups excluding tert-OH is 1. The zero-order valence-corrected chi connectivity index (χ0v) is 11.0. The van der Waals surface area contributed by atoms with Gasteiger partial charge in [0.15, 0.2) is 0 Å². The van der Waals surface area contributed by atoms with Crippen LogP contribution < -0.4 is 4.74 Å². The van der Waals surface area contributed by atoms with E-state index in [9.17, 15) is 5.11 Å². The van der Waals surface area contributed by atoms with Crippen molar-refractivity contribution in [3.05, 3.63) is 29.3 Å². The first-order chi connectivity index (χ1) is 8.10. The van der Waals surface area contributed by atoms with Crippen molar-refractivity contribution in [3.8, 4) is 5.75 Å². The van der Waals surface area contributed by atoms with E-state index in [4.69, 9.17) is 4.74 Å². The molecular formula is C14H21NO2. The van der Waals surface area contributed by atoms with Crippen LogP contribution in [0.1, 0.15) is 43.7 Å². The third-order valence-corrected chi connectivity index (χ3v) is 3.90. The molecule has 0 bridgehead atoms. The number of rotatable bonds is 3. The minimum atomic E-state index is -0.515. The minimum absolute atomic E-state index is 0.302. The van der Waals surface area contributed by atoms with Crippen molar-refractivity contribution in [2.75, 3.05) is 14.2 Å². The largest absolute Gasteiger partial charge is 0.497 e. The van der Waals surface area contributed by atoms with Gasteiger partial charge >= 0.3 is 0 Å². The topological polar surface area (TPSA) is 32.7 Å². The summed E-state index contributed by atoms with van der Waals surface area (Å²) in [7, 11) is 3.63. The molecule has 0 saturated carbocycles. The maximum Gasteiger partial charge on any atom is 0.134 e. The Kier molecular flexibility index (Phi) is 3.40. The summed E-state index contributed by atoms with van der Waals surface area (Å²) in [4.78, 5) is 2.04. The molecule has 3 atom stereocenters. The molecule has 0 fully saturated rings. The number of aliphatic hydroxyl groups is 1. The lowest BCUT2D eigenvalue weighted by molar-refractivity contribution is -0.00185. The monoisotopic (exact) mass is 235 g/mol. The van der Waals surface area contributed by atoms with Crippen LogP contribution in [-0.2, 0) is 0 Å². The first kappa shape index (κ1) is 12.4. The second-order valence-electron chi connectivity index (χ2n) is 4.86. The summed E-state index contributed by atoms with van der Waals surface area (Å²) in [6, 6.07) is 6.30. The highest BCUT2D eigenvalue weighted by Crippen LogP contribution is 2.45. The van der Waals surface area contributed by atoms with E-state index in [1.54, 1.807) is 7.11 Å². The van der Waals surface area contributed by atoms with E-state index in [2.05, 4.69) is 19.9 Å². The lowest BCUT2D eigenvalue weighted by atomic mass is 9.92. The fourth-order valence-electron chi connectivity index (χ4n) is 2.69. The Bertz CT molecular complexity index is 405. The van der Waals surface area contributed by atoms with Gasteiger partial charge in [0.25, 0.3) is 0 Å². The molecule has 17 heavy (non-hydrogen) atoms. The van der Waals surface area contributed by atoms with Crippen LogP contribution in [0, 0.1) is 5.92 Å². The molecule has 1 N–H and O–H groups in total. The molecule has 0 saturated heterocycles. The standard InChI is InChI=1S/C14H21NO2/c1-5-9(2)13-11-7-6-10(17-4)8-12(11)14(16)15(13)3/h6-9,13-14,16H,5H2,1-4H3. The summed E-state index contributed by atoms with van der Waals surface area (Å²) in [6.07, 6.45) is 0.590. The zero-order valence-electron chi connectivity index (χ0n) is 11.0. The molecule has 94 valence electrons. The molecule has 0 radical (unpaired) electrons. The number of benzene rings is 1. The molecule has 3 unspecified atom stereocenters. The second-order valence-corrected chi connectivity index (χ2v) is 4.86. The van der Waals surface area contributed by atoms with Gasteiger partial charge in [-0.25, -0.2) is 0 Å². The van der Waals surface area contributed by atoms with Gasteiger partial charge < -0.3 is 9.84 Å². The van der Waals surface area contributed by atoms with Crippen LogP contribution in [0.3, 0.4) is 0 Å². The molecule has 3 nitrogen and oxygen atoms in total. The van der Waals surface area contributed by atoms with Crippen molar-refractivity contribution >= 4 is 0 Å². The van der Waals surface area contributed by atoms with Crippen LogP contribution >= 0.6 is 0 Å².